The Morgan fingerprint density at radius 1 is 0.900 bits per heavy atom. The van der Waals surface area contributed by atoms with Gasteiger partial charge < -0.3 is 20.5 Å². The third-order valence-corrected chi connectivity index (χ3v) is 3.18. The zero-order chi connectivity index (χ0) is 14.4. The van der Waals surface area contributed by atoms with Crippen molar-refractivity contribution < 1.29 is 9.47 Å². The summed E-state index contributed by atoms with van der Waals surface area (Å²) in [4.78, 5) is 0. The molecule has 2 aromatic rings. The molecule has 3 N–H and O–H groups in total. The maximum atomic E-state index is 5.86. The Bertz CT molecular complexity index is 523. The van der Waals surface area contributed by atoms with Gasteiger partial charge in [0.25, 0.3) is 0 Å². The number of methoxy groups -OCH3 is 2. The number of benzene rings is 2. The van der Waals surface area contributed by atoms with Crippen molar-refractivity contribution in [3.63, 3.8) is 0 Å². The van der Waals surface area contributed by atoms with E-state index in [2.05, 4.69) is 5.32 Å². The van der Waals surface area contributed by atoms with E-state index in [1.165, 1.54) is 0 Å². The van der Waals surface area contributed by atoms with E-state index in [1.54, 1.807) is 14.2 Å². The van der Waals surface area contributed by atoms with E-state index < -0.39 is 0 Å². The fourth-order valence-corrected chi connectivity index (χ4v) is 2.00. The molecule has 0 aliphatic heterocycles. The first-order valence-corrected chi connectivity index (χ1v) is 6.51. The van der Waals surface area contributed by atoms with Crippen LogP contribution in [0.1, 0.15) is 11.6 Å². The molecule has 2 rings (SSSR count). The van der Waals surface area contributed by atoms with Crippen LogP contribution >= 0.6 is 0 Å². The molecule has 0 aliphatic rings. The van der Waals surface area contributed by atoms with Crippen molar-refractivity contribution in [1.82, 2.24) is 0 Å². The summed E-state index contributed by atoms with van der Waals surface area (Å²) in [5.74, 6) is 1.68. The van der Waals surface area contributed by atoms with Gasteiger partial charge in [-0.1, -0.05) is 12.1 Å². The van der Waals surface area contributed by atoms with Gasteiger partial charge in [0, 0.05) is 12.2 Å². The molecule has 0 saturated carbocycles. The van der Waals surface area contributed by atoms with E-state index in [1.807, 2.05) is 48.5 Å². The molecule has 0 heterocycles. The number of hydrogen-bond acceptors (Lipinski definition) is 4. The molecule has 1 atom stereocenters. The molecule has 0 bridgehead atoms. The number of hydrogen-bond donors (Lipinski definition) is 2. The summed E-state index contributed by atoms with van der Waals surface area (Å²) in [5, 5.41) is 3.41. The van der Waals surface area contributed by atoms with Crippen molar-refractivity contribution in [2.24, 2.45) is 5.73 Å². The van der Waals surface area contributed by atoms with Crippen molar-refractivity contribution in [3.05, 3.63) is 54.1 Å². The highest BCUT2D eigenvalue weighted by Crippen LogP contribution is 2.22. The van der Waals surface area contributed by atoms with Gasteiger partial charge in [-0.3, -0.25) is 0 Å². The molecule has 0 aliphatic carbocycles. The lowest BCUT2D eigenvalue weighted by Crippen LogP contribution is -2.20. The van der Waals surface area contributed by atoms with E-state index in [0.29, 0.717) is 6.54 Å². The van der Waals surface area contributed by atoms with Gasteiger partial charge in [0.1, 0.15) is 11.5 Å². The molecular formula is C16H20N2O2. The van der Waals surface area contributed by atoms with E-state index in [0.717, 1.165) is 22.7 Å². The van der Waals surface area contributed by atoms with Crippen LogP contribution in [0.3, 0.4) is 0 Å². The molecule has 1 unspecified atom stereocenters. The van der Waals surface area contributed by atoms with Crippen LogP contribution in [0, 0.1) is 0 Å². The fourth-order valence-electron chi connectivity index (χ4n) is 2.00. The monoisotopic (exact) mass is 272 g/mol. The van der Waals surface area contributed by atoms with Gasteiger partial charge in [-0.2, -0.15) is 0 Å². The first-order valence-electron chi connectivity index (χ1n) is 6.51. The van der Waals surface area contributed by atoms with E-state index in [4.69, 9.17) is 15.2 Å². The summed E-state index contributed by atoms with van der Waals surface area (Å²) >= 11 is 0. The zero-order valence-electron chi connectivity index (χ0n) is 11.8. The predicted molar refractivity (Wildman–Crippen MR) is 81.4 cm³/mol. The molecule has 4 nitrogen and oxygen atoms in total. The highest BCUT2D eigenvalue weighted by Gasteiger charge is 2.09. The third-order valence-electron chi connectivity index (χ3n) is 3.18. The minimum absolute atomic E-state index is 0.0642. The number of nitrogens with one attached hydrogen (secondary N) is 1. The van der Waals surface area contributed by atoms with Crippen molar-refractivity contribution >= 4 is 5.69 Å². The normalized spacial score (nSPS) is 11.8. The summed E-state index contributed by atoms with van der Waals surface area (Å²) in [6, 6.07) is 15.8. The zero-order valence-corrected chi connectivity index (χ0v) is 11.8. The third kappa shape index (κ3) is 3.42. The van der Waals surface area contributed by atoms with Crippen LogP contribution in [0.25, 0.3) is 0 Å². The first kappa shape index (κ1) is 14.2. The van der Waals surface area contributed by atoms with Crippen LogP contribution in [0.5, 0.6) is 11.5 Å². The summed E-state index contributed by atoms with van der Waals surface area (Å²) in [6.45, 7) is 0.512. The highest BCUT2D eigenvalue weighted by atomic mass is 16.5. The molecule has 2 aromatic carbocycles. The predicted octanol–water partition coefficient (Wildman–Crippen LogP) is 2.82. The number of nitrogens with two attached hydrogens (primary N) is 1. The Morgan fingerprint density at radius 2 is 1.40 bits per heavy atom. The van der Waals surface area contributed by atoms with E-state index in [-0.39, 0.29) is 6.04 Å². The van der Waals surface area contributed by atoms with Gasteiger partial charge in [-0.05, 0) is 42.0 Å². The Balaban J connectivity index is 2.10. The summed E-state index contributed by atoms with van der Waals surface area (Å²) < 4.78 is 10.3. The van der Waals surface area contributed by atoms with Crippen LogP contribution in [-0.2, 0) is 0 Å². The smallest absolute Gasteiger partial charge is 0.119 e. The quantitative estimate of drug-likeness (QED) is 0.849. The molecule has 0 amide bonds. The van der Waals surface area contributed by atoms with E-state index >= 15 is 0 Å². The SMILES string of the molecule is COc1ccc(NC(CN)c2ccc(OC)cc2)cc1. The summed E-state index contributed by atoms with van der Waals surface area (Å²) in [6.07, 6.45) is 0. The number of ether oxygens (including phenoxy) is 2. The maximum absolute atomic E-state index is 5.86. The second-order valence-corrected chi connectivity index (χ2v) is 4.43. The van der Waals surface area contributed by atoms with E-state index in [9.17, 15) is 0 Å². The van der Waals surface area contributed by atoms with Crippen LogP contribution in [0.4, 0.5) is 5.69 Å². The standard InChI is InChI=1S/C16H20N2O2/c1-19-14-7-3-12(4-8-14)16(11-17)18-13-5-9-15(20-2)10-6-13/h3-10,16,18H,11,17H2,1-2H3. The molecule has 0 aromatic heterocycles. The molecule has 0 fully saturated rings. The largest absolute Gasteiger partial charge is 0.497 e. The van der Waals surface area contributed by atoms with Gasteiger partial charge in [-0.15, -0.1) is 0 Å². The highest BCUT2D eigenvalue weighted by molar-refractivity contribution is 5.48. The summed E-state index contributed by atoms with van der Waals surface area (Å²) in [7, 11) is 3.31. The molecule has 106 valence electrons. The fraction of sp³-hybridized carbons (Fsp3) is 0.250. The molecule has 4 heteroatoms. The minimum Gasteiger partial charge on any atom is -0.497 e. The van der Waals surface area contributed by atoms with Crippen molar-refractivity contribution in [2.45, 2.75) is 6.04 Å². The molecule has 0 saturated heterocycles. The second-order valence-electron chi connectivity index (χ2n) is 4.43. The maximum Gasteiger partial charge on any atom is 0.119 e. The lowest BCUT2D eigenvalue weighted by Gasteiger charge is -2.19. The Morgan fingerprint density at radius 3 is 1.85 bits per heavy atom. The van der Waals surface area contributed by atoms with Gasteiger partial charge in [-0.25, -0.2) is 0 Å². The summed E-state index contributed by atoms with van der Waals surface area (Å²) in [5.41, 5.74) is 8.00. The minimum atomic E-state index is 0.0642. The lowest BCUT2D eigenvalue weighted by molar-refractivity contribution is 0.414. The van der Waals surface area contributed by atoms with Crippen LogP contribution in [-0.4, -0.2) is 20.8 Å². The van der Waals surface area contributed by atoms with Crippen LogP contribution in [0.15, 0.2) is 48.5 Å². The van der Waals surface area contributed by atoms with Crippen molar-refractivity contribution in [1.29, 1.82) is 0 Å². The lowest BCUT2D eigenvalue weighted by atomic mass is 10.1. The van der Waals surface area contributed by atoms with Gasteiger partial charge in [0.2, 0.25) is 0 Å². The average molecular weight is 272 g/mol. The average Bonchev–Trinajstić information content (AvgIpc) is 2.53. The Hall–Kier alpha value is -2.20. The first-order chi connectivity index (χ1) is 9.76. The van der Waals surface area contributed by atoms with Gasteiger partial charge >= 0.3 is 0 Å². The van der Waals surface area contributed by atoms with Crippen molar-refractivity contribution in [2.75, 3.05) is 26.1 Å². The molecule has 0 spiro atoms. The Labute approximate surface area is 119 Å². The number of rotatable bonds is 6. The van der Waals surface area contributed by atoms with Crippen LogP contribution < -0.4 is 20.5 Å². The number of anilines is 1. The molecule has 20 heavy (non-hydrogen) atoms. The molecule has 0 radical (unpaired) electrons. The van der Waals surface area contributed by atoms with Gasteiger partial charge in [0.15, 0.2) is 0 Å². The molecular weight excluding hydrogens is 252 g/mol. The Kier molecular flexibility index (Phi) is 4.85. The van der Waals surface area contributed by atoms with Crippen molar-refractivity contribution in [3.8, 4) is 11.5 Å². The topological polar surface area (TPSA) is 56.5 Å². The second kappa shape index (κ2) is 6.82. The van der Waals surface area contributed by atoms with Crippen LogP contribution in [0.2, 0.25) is 0 Å². The van der Waals surface area contributed by atoms with Gasteiger partial charge in [0.05, 0.1) is 20.3 Å².